The highest BCUT2D eigenvalue weighted by atomic mass is 32.2. The van der Waals surface area contributed by atoms with Crippen molar-refractivity contribution in [1.82, 2.24) is 0 Å². The van der Waals surface area contributed by atoms with Crippen LogP contribution >= 0.6 is 0 Å². The molecule has 2 nitrogen and oxygen atoms in total. The molecule has 0 fully saturated rings. The van der Waals surface area contributed by atoms with E-state index >= 15 is 0 Å². The lowest BCUT2D eigenvalue weighted by Crippen LogP contribution is -2.08. The predicted molar refractivity (Wildman–Crippen MR) is 48.0 cm³/mol. The minimum Gasteiger partial charge on any atom is -0.768 e. The molecule has 0 heterocycles. The molecule has 0 spiro atoms. The monoisotopic (exact) mass is 219 g/mol. The molecule has 0 N–H and O–H groups in total. The van der Waals surface area contributed by atoms with Crippen LogP contribution in [0.4, 0.5) is 8.78 Å². The minimum atomic E-state index is -2.56. The Morgan fingerprint density at radius 2 is 1.93 bits per heavy atom. The molecule has 0 radical (unpaired) electrons. The minimum absolute atomic E-state index is 0.0553. The van der Waals surface area contributed by atoms with E-state index in [1.165, 1.54) is 25.1 Å². The largest absolute Gasteiger partial charge is 0.768 e. The van der Waals surface area contributed by atoms with E-state index in [0.717, 1.165) is 0 Å². The summed E-state index contributed by atoms with van der Waals surface area (Å²) in [5.74, 6) is -1.07. The maximum absolute atomic E-state index is 12.4. The third kappa shape index (κ3) is 2.36. The molecule has 0 aromatic heterocycles. The van der Waals surface area contributed by atoms with Gasteiger partial charge in [-0.1, -0.05) is 25.1 Å². The van der Waals surface area contributed by atoms with Gasteiger partial charge in [0.25, 0.3) is 0 Å². The second kappa shape index (κ2) is 4.61. The van der Waals surface area contributed by atoms with Gasteiger partial charge in [0.15, 0.2) is 0 Å². The summed E-state index contributed by atoms with van der Waals surface area (Å²) in [7, 11) is 0. The van der Waals surface area contributed by atoms with E-state index in [2.05, 4.69) is 0 Å². The summed E-state index contributed by atoms with van der Waals surface area (Å²) in [4.78, 5) is -0.0553. The summed E-state index contributed by atoms with van der Waals surface area (Å²) in [5, 5.41) is 0. The van der Waals surface area contributed by atoms with E-state index in [9.17, 15) is 17.5 Å². The Hall–Kier alpha value is -0.810. The number of rotatable bonds is 3. The van der Waals surface area contributed by atoms with Crippen molar-refractivity contribution in [2.24, 2.45) is 0 Å². The van der Waals surface area contributed by atoms with Gasteiger partial charge in [-0.05, 0) is 22.7 Å². The Balaban J connectivity index is 3.13. The third-order valence-electron chi connectivity index (χ3n) is 1.97. The second-order valence-electron chi connectivity index (χ2n) is 2.90. The zero-order valence-corrected chi connectivity index (χ0v) is 8.26. The van der Waals surface area contributed by atoms with Crippen LogP contribution in [-0.2, 0) is 11.1 Å². The Kier molecular flexibility index (Phi) is 3.71. The van der Waals surface area contributed by atoms with E-state index in [1.807, 2.05) is 0 Å². The van der Waals surface area contributed by atoms with Gasteiger partial charge in [0, 0.05) is 10.8 Å². The van der Waals surface area contributed by atoms with Crippen LogP contribution in [0.5, 0.6) is 0 Å². The van der Waals surface area contributed by atoms with Gasteiger partial charge in [0.1, 0.15) is 0 Å². The Bertz CT molecular complexity index is 341. The van der Waals surface area contributed by atoms with Gasteiger partial charge in [-0.15, -0.1) is 0 Å². The van der Waals surface area contributed by atoms with Crippen molar-refractivity contribution in [3.63, 3.8) is 0 Å². The number of alkyl halides is 2. The van der Waals surface area contributed by atoms with Crippen molar-refractivity contribution in [2.75, 3.05) is 0 Å². The predicted octanol–water partition coefficient (Wildman–Crippen LogP) is 2.29. The first kappa shape index (κ1) is 11.3. The average Bonchev–Trinajstić information content (AvgIpc) is 2.16. The van der Waals surface area contributed by atoms with Crippen LogP contribution < -0.4 is 0 Å². The summed E-state index contributed by atoms with van der Waals surface area (Å²) in [6.45, 7) is 1.30. The van der Waals surface area contributed by atoms with Crippen molar-refractivity contribution in [1.29, 1.82) is 0 Å². The molecule has 2 atom stereocenters. The van der Waals surface area contributed by atoms with Crippen molar-refractivity contribution in [2.45, 2.75) is 24.2 Å². The maximum Gasteiger partial charge on any atom is 0.245 e. The number of benzene rings is 1. The molecule has 0 saturated heterocycles. The third-order valence-corrected chi connectivity index (χ3v) is 2.70. The molecule has 0 bridgehead atoms. The van der Waals surface area contributed by atoms with Gasteiger partial charge in [-0.2, -0.15) is 0 Å². The van der Waals surface area contributed by atoms with Crippen molar-refractivity contribution >= 4 is 11.1 Å². The van der Waals surface area contributed by atoms with E-state index in [-0.39, 0.29) is 10.5 Å². The first-order valence-corrected chi connectivity index (χ1v) is 5.08. The zero-order valence-electron chi connectivity index (χ0n) is 7.44. The first-order chi connectivity index (χ1) is 6.54. The molecule has 2 unspecified atom stereocenters. The molecule has 14 heavy (non-hydrogen) atoms. The second-order valence-corrected chi connectivity index (χ2v) is 3.80. The fraction of sp³-hybridized carbons (Fsp3) is 0.333. The average molecular weight is 219 g/mol. The molecule has 0 saturated carbocycles. The van der Waals surface area contributed by atoms with E-state index in [1.54, 1.807) is 6.07 Å². The zero-order chi connectivity index (χ0) is 10.7. The quantitative estimate of drug-likeness (QED) is 0.732. The number of halogens is 2. The molecule has 0 amide bonds. The summed E-state index contributed by atoms with van der Waals surface area (Å²) in [5.41, 5.74) is 0.163. The number of hydrogen-bond donors (Lipinski definition) is 0. The van der Waals surface area contributed by atoms with Crippen LogP contribution in [0.1, 0.15) is 18.4 Å². The number of hydrogen-bond acceptors (Lipinski definition) is 2. The smallest absolute Gasteiger partial charge is 0.245 e. The van der Waals surface area contributed by atoms with E-state index < -0.39 is 23.4 Å². The lowest BCUT2D eigenvalue weighted by atomic mass is 10.0. The fourth-order valence-electron chi connectivity index (χ4n) is 1.14. The standard InChI is InChI=1S/C9H10F2O2S/c1-6(9(10)11)7-4-2-3-5-8(7)14(12)13/h2-6,9H,1H3,(H,12,13)/p-1. The highest BCUT2D eigenvalue weighted by Gasteiger charge is 2.19. The Labute approximate surface area is 83.2 Å². The van der Waals surface area contributed by atoms with Gasteiger partial charge in [-0.25, -0.2) is 8.78 Å². The lowest BCUT2D eigenvalue weighted by molar-refractivity contribution is 0.120. The summed E-state index contributed by atoms with van der Waals surface area (Å²) in [6.07, 6.45) is -2.56. The summed E-state index contributed by atoms with van der Waals surface area (Å²) >= 11 is -2.46. The molecule has 0 aliphatic heterocycles. The topological polar surface area (TPSA) is 40.1 Å². The van der Waals surface area contributed by atoms with Crippen molar-refractivity contribution < 1.29 is 17.5 Å². The first-order valence-electron chi connectivity index (χ1n) is 4.00. The lowest BCUT2D eigenvalue weighted by Gasteiger charge is -2.16. The Morgan fingerprint density at radius 3 is 2.43 bits per heavy atom. The van der Waals surface area contributed by atoms with Crippen LogP contribution in [0.2, 0.25) is 0 Å². The molecular weight excluding hydrogens is 210 g/mol. The fourth-order valence-corrected chi connectivity index (χ4v) is 1.78. The van der Waals surface area contributed by atoms with Gasteiger partial charge >= 0.3 is 0 Å². The van der Waals surface area contributed by atoms with Gasteiger partial charge in [0.05, 0.1) is 0 Å². The van der Waals surface area contributed by atoms with Crippen molar-refractivity contribution in [3.05, 3.63) is 29.8 Å². The van der Waals surface area contributed by atoms with E-state index in [0.29, 0.717) is 0 Å². The van der Waals surface area contributed by atoms with Gasteiger partial charge < -0.3 is 4.55 Å². The Morgan fingerprint density at radius 1 is 1.36 bits per heavy atom. The van der Waals surface area contributed by atoms with Crippen LogP contribution in [0.25, 0.3) is 0 Å². The van der Waals surface area contributed by atoms with Gasteiger partial charge in [0.2, 0.25) is 6.43 Å². The molecule has 1 aromatic carbocycles. The summed E-state index contributed by atoms with van der Waals surface area (Å²) < 4.78 is 46.1. The van der Waals surface area contributed by atoms with Crippen LogP contribution in [0.3, 0.4) is 0 Å². The molecule has 1 rings (SSSR count). The van der Waals surface area contributed by atoms with Crippen LogP contribution in [0, 0.1) is 0 Å². The highest BCUT2D eigenvalue weighted by Crippen LogP contribution is 2.27. The normalized spacial score (nSPS) is 15.5. The van der Waals surface area contributed by atoms with Crippen LogP contribution in [0.15, 0.2) is 29.2 Å². The van der Waals surface area contributed by atoms with E-state index in [4.69, 9.17) is 0 Å². The molecule has 5 heteroatoms. The molecule has 1 aromatic rings. The highest BCUT2D eigenvalue weighted by molar-refractivity contribution is 7.79. The maximum atomic E-state index is 12.4. The SMILES string of the molecule is CC(c1ccccc1S(=O)[O-])C(F)F. The molecular formula is C9H9F2O2S-. The molecule has 0 aliphatic carbocycles. The molecule has 0 aliphatic rings. The molecule has 78 valence electrons. The van der Waals surface area contributed by atoms with Gasteiger partial charge in [-0.3, -0.25) is 4.21 Å². The van der Waals surface area contributed by atoms with Crippen LogP contribution in [-0.4, -0.2) is 15.2 Å². The van der Waals surface area contributed by atoms with Crippen molar-refractivity contribution in [3.8, 4) is 0 Å². The summed E-state index contributed by atoms with van der Waals surface area (Å²) in [6, 6.07) is 5.77.